The average Bonchev–Trinajstić information content (AvgIpc) is 2.48. The minimum atomic E-state index is -0.106. The van der Waals surface area contributed by atoms with Crippen LogP contribution < -0.4 is 5.32 Å². The molecule has 1 aromatic heterocycles. The molecule has 21 heavy (non-hydrogen) atoms. The summed E-state index contributed by atoms with van der Waals surface area (Å²) in [7, 11) is 0. The van der Waals surface area contributed by atoms with Crippen molar-refractivity contribution >= 4 is 5.91 Å². The highest BCUT2D eigenvalue weighted by molar-refractivity contribution is 5.82. The highest BCUT2D eigenvalue weighted by atomic mass is 16.2. The Labute approximate surface area is 128 Å². The number of aromatic nitrogens is 1. The van der Waals surface area contributed by atoms with Gasteiger partial charge in [-0.15, -0.1) is 0 Å². The van der Waals surface area contributed by atoms with Crippen molar-refractivity contribution in [2.45, 2.75) is 58.8 Å². The smallest absolute Gasteiger partial charge is 0.226 e. The molecule has 2 rings (SSSR count). The third kappa shape index (κ3) is 4.29. The zero-order valence-corrected chi connectivity index (χ0v) is 13.4. The van der Waals surface area contributed by atoms with Crippen LogP contribution in [0.15, 0.2) is 24.5 Å². The van der Waals surface area contributed by atoms with Crippen LogP contribution >= 0.6 is 0 Å². The van der Waals surface area contributed by atoms with E-state index in [2.05, 4.69) is 24.1 Å². The summed E-state index contributed by atoms with van der Waals surface area (Å²) in [5, 5.41) is 3.19. The van der Waals surface area contributed by atoms with Crippen molar-refractivity contribution in [2.75, 3.05) is 6.54 Å². The van der Waals surface area contributed by atoms with Crippen LogP contribution in [-0.4, -0.2) is 17.4 Å². The van der Waals surface area contributed by atoms with Crippen LogP contribution in [0, 0.1) is 11.3 Å². The van der Waals surface area contributed by atoms with Crippen molar-refractivity contribution in [1.29, 1.82) is 0 Å². The highest BCUT2D eigenvalue weighted by Crippen LogP contribution is 2.43. The van der Waals surface area contributed by atoms with E-state index in [1.807, 2.05) is 12.1 Å². The van der Waals surface area contributed by atoms with Gasteiger partial charge in [-0.1, -0.05) is 33.1 Å². The molecule has 0 aliphatic heterocycles. The minimum Gasteiger partial charge on any atom is -0.355 e. The largest absolute Gasteiger partial charge is 0.355 e. The van der Waals surface area contributed by atoms with Gasteiger partial charge in [0.1, 0.15) is 0 Å². The Morgan fingerprint density at radius 3 is 2.86 bits per heavy atom. The molecule has 1 aliphatic carbocycles. The van der Waals surface area contributed by atoms with Crippen molar-refractivity contribution in [1.82, 2.24) is 10.3 Å². The summed E-state index contributed by atoms with van der Waals surface area (Å²) >= 11 is 0. The van der Waals surface area contributed by atoms with E-state index in [-0.39, 0.29) is 11.3 Å². The molecule has 0 bridgehead atoms. The SMILES string of the molecule is CCCC1(C(=O)NCCc2ccncc2)CCCC(C)C1. The molecule has 1 heterocycles. The Hall–Kier alpha value is -1.38. The van der Waals surface area contributed by atoms with E-state index in [1.54, 1.807) is 12.4 Å². The van der Waals surface area contributed by atoms with Crippen molar-refractivity contribution in [3.05, 3.63) is 30.1 Å². The van der Waals surface area contributed by atoms with E-state index in [1.165, 1.54) is 18.4 Å². The quantitative estimate of drug-likeness (QED) is 0.866. The van der Waals surface area contributed by atoms with Gasteiger partial charge in [0, 0.05) is 24.4 Å². The predicted octanol–water partition coefficient (Wildman–Crippen LogP) is 3.74. The van der Waals surface area contributed by atoms with Gasteiger partial charge in [-0.25, -0.2) is 0 Å². The normalized spacial score (nSPS) is 25.5. The lowest BCUT2D eigenvalue weighted by Gasteiger charge is -2.38. The molecule has 1 amide bonds. The van der Waals surface area contributed by atoms with E-state index >= 15 is 0 Å². The Morgan fingerprint density at radius 2 is 2.19 bits per heavy atom. The monoisotopic (exact) mass is 288 g/mol. The van der Waals surface area contributed by atoms with Crippen molar-refractivity contribution < 1.29 is 4.79 Å². The molecule has 1 N–H and O–H groups in total. The van der Waals surface area contributed by atoms with Gasteiger partial charge in [-0.05, 0) is 49.3 Å². The second kappa shape index (κ2) is 7.58. The molecule has 0 aromatic carbocycles. The van der Waals surface area contributed by atoms with Crippen LogP contribution in [-0.2, 0) is 11.2 Å². The third-order valence-corrected chi connectivity index (χ3v) is 4.75. The number of hydrogen-bond acceptors (Lipinski definition) is 2. The van der Waals surface area contributed by atoms with Gasteiger partial charge in [0.25, 0.3) is 0 Å². The number of amides is 1. The summed E-state index contributed by atoms with van der Waals surface area (Å²) in [6.07, 6.45) is 11.2. The molecule has 0 saturated heterocycles. The number of carbonyl (C=O) groups is 1. The lowest BCUT2D eigenvalue weighted by Crippen LogP contribution is -2.44. The summed E-state index contributed by atoms with van der Waals surface area (Å²) in [6, 6.07) is 4.02. The number of carbonyl (C=O) groups excluding carboxylic acids is 1. The number of nitrogens with one attached hydrogen (secondary N) is 1. The Kier molecular flexibility index (Phi) is 5.77. The number of nitrogens with zero attached hydrogens (tertiary/aromatic N) is 1. The van der Waals surface area contributed by atoms with Crippen LogP contribution in [0.3, 0.4) is 0 Å². The van der Waals surface area contributed by atoms with Gasteiger partial charge < -0.3 is 5.32 Å². The van der Waals surface area contributed by atoms with Crippen LogP contribution in [0.5, 0.6) is 0 Å². The first kappa shape index (κ1) is 16.0. The first-order valence-corrected chi connectivity index (χ1v) is 8.33. The van der Waals surface area contributed by atoms with E-state index in [0.29, 0.717) is 5.92 Å². The summed E-state index contributed by atoms with van der Waals surface area (Å²) in [5.41, 5.74) is 1.12. The summed E-state index contributed by atoms with van der Waals surface area (Å²) in [5.74, 6) is 0.959. The van der Waals surface area contributed by atoms with Gasteiger partial charge >= 0.3 is 0 Å². The minimum absolute atomic E-state index is 0.106. The molecular formula is C18H28N2O. The summed E-state index contributed by atoms with van der Waals surface area (Å²) < 4.78 is 0. The topological polar surface area (TPSA) is 42.0 Å². The fourth-order valence-corrected chi connectivity index (χ4v) is 3.74. The standard InChI is InChI=1S/C18H28N2O/c1-3-9-18(10-4-5-15(2)14-18)17(21)20-13-8-16-6-11-19-12-7-16/h6-7,11-12,15H,3-5,8-10,13-14H2,1-2H3,(H,20,21). The number of hydrogen-bond donors (Lipinski definition) is 1. The van der Waals surface area contributed by atoms with Crippen LogP contribution in [0.25, 0.3) is 0 Å². The molecule has 116 valence electrons. The maximum Gasteiger partial charge on any atom is 0.226 e. The second-order valence-electron chi connectivity index (χ2n) is 6.59. The van der Waals surface area contributed by atoms with Gasteiger partial charge in [0.05, 0.1) is 0 Å². The highest BCUT2D eigenvalue weighted by Gasteiger charge is 2.40. The second-order valence-corrected chi connectivity index (χ2v) is 6.59. The zero-order chi connectivity index (χ0) is 15.1. The molecule has 1 aromatic rings. The fraction of sp³-hybridized carbons (Fsp3) is 0.667. The van der Waals surface area contributed by atoms with Gasteiger partial charge in [-0.2, -0.15) is 0 Å². The molecule has 2 atom stereocenters. The third-order valence-electron chi connectivity index (χ3n) is 4.75. The lowest BCUT2D eigenvalue weighted by atomic mass is 9.67. The summed E-state index contributed by atoms with van der Waals surface area (Å²) in [6.45, 7) is 5.20. The molecule has 2 unspecified atom stereocenters. The Balaban J connectivity index is 1.89. The fourth-order valence-electron chi connectivity index (χ4n) is 3.74. The Morgan fingerprint density at radius 1 is 1.43 bits per heavy atom. The van der Waals surface area contributed by atoms with E-state index in [4.69, 9.17) is 0 Å². The first-order valence-electron chi connectivity index (χ1n) is 8.33. The predicted molar refractivity (Wildman–Crippen MR) is 85.9 cm³/mol. The van der Waals surface area contributed by atoms with Gasteiger partial charge in [0.15, 0.2) is 0 Å². The molecule has 3 heteroatoms. The number of pyridine rings is 1. The Bertz CT molecular complexity index is 442. The lowest BCUT2D eigenvalue weighted by molar-refractivity contribution is -0.134. The van der Waals surface area contributed by atoms with Crippen LogP contribution in [0.1, 0.15) is 57.9 Å². The number of rotatable bonds is 6. The first-order chi connectivity index (χ1) is 10.2. The molecule has 3 nitrogen and oxygen atoms in total. The summed E-state index contributed by atoms with van der Waals surface area (Å²) in [4.78, 5) is 16.7. The average molecular weight is 288 g/mol. The van der Waals surface area contributed by atoms with Crippen molar-refractivity contribution in [2.24, 2.45) is 11.3 Å². The molecular weight excluding hydrogens is 260 g/mol. The van der Waals surface area contributed by atoms with E-state index in [0.717, 1.165) is 38.6 Å². The van der Waals surface area contributed by atoms with Crippen LogP contribution in [0.4, 0.5) is 0 Å². The molecule has 0 radical (unpaired) electrons. The molecule has 0 spiro atoms. The molecule has 1 saturated carbocycles. The maximum atomic E-state index is 12.7. The molecule has 1 fully saturated rings. The van der Waals surface area contributed by atoms with E-state index in [9.17, 15) is 4.79 Å². The zero-order valence-electron chi connectivity index (χ0n) is 13.4. The van der Waals surface area contributed by atoms with Crippen molar-refractivity contribution in [3.8, 4) is 0 Å². The van der Waals surface area contributed by atoms with Gasteiger partial charge in [-0.3, -0.25) is 9.78 Å². The van der Waals surface area contributed by atoms with E-state index < -0.39 is 0 Å². The van der Waals surface area contributed by atoms with Gasteiger partial charge in [0.2, 0.25) is 5.91 Å². The van der Waals surface area contributed by atoms with Crippen molar-refractivity contribution in [3.63, 3.8) is 0 Å². The van der Waals surface area contributed by atoms with Crippen LogP contribution in [0.2, 0.25) is 0 Å². The molecule has 1 aliphatic rings. The maximum absolute atomic E-state index is 12.7.